The van der Waals surface area contributed by atoms with Crippen molar-refractivity contribution in [2.75, 3.05) is 7.05 Å². The summed E-state index contributed by atoms with van der Waals surface area (Å²) < 4.78 is 0. The van der Waals surface area contributed by atoms with E-state index in [0.29, 0.717) is 0 Å². The molecule has 0 aromatic heterocycles. The lowest BCUT2D eigenvalue weighted by Gasteiger charge is -1.97. The Bertz CT molecular complexity index is 218. The maximum absolute atomic E-state index is 3.64. The Kier molecular flexibility index (Phi) is 3.12. The summed E-state index contributed by atoms with van der Waals surface area (Å²) in [5.74, 6) is 0. The van der Waals surface area contributed by atoms with Crippen LogP contribution < -0.4 is 5.43 Å². The minimum absolute atomic E-state index is 0.734. The summed E-state index contributed by atoms with van der Waals surface area (Å²) in [5, 5.41) is 7.21. The molecule has 0 bridgehead atoms. The van der Waals surface area contributed by atoms with Gasteiger partial charge in [-0.15, -0.1) is 0 Å². The second-order valence-corrected chi connectivity index (χ2v) is 2.12. The lowest BCUT2D eigenvalue weighted by molar-refractivity contribution is 0.690. The topological polar surface area (TPSA) is 36.8 Å². The molecule has 1 aromatic carbocycles. The van der Waals surface area contributed by atoms with Crippen molar-refractivity contribution in [1.29, 1.82) is 0 Å². The molecule has 11 heavy (non-hydrogen) atoms. The van der Waals surface area contributed by atoms with Crippen LogP contribution in [0.1, 0.15) is 5.56 Å². The van der Waals surface area contributed by atoms with Crippen LogP contribution in [0.5, 0.6) is 0 Å². The summed E-state index contributed by atoms with van der Waals surface area (Å²) >= 11 is 0. The molecular formula is C8H11N3. The molecule has 0 saturated carbocycles. The maximum Gasteiger partial charge on any atom is 0.0596 e. The molecule has 0 fully saturated rings. The monoisotopic (exact) mass is 149 g/mol. The molecule has 1 aromatic rings. The summed E-state index contributed by atoms with van der Waals surface area (Å²) in [6.45, 7) is 0.734. The van der Waals surface area contributed by atoms with Gasteiger partial charge in [-0.3, -0.25) is 5.43 Å². The van der Waals surface area contributed by atoms with Gasteiger partial charge in [0.1, 0.15) is 0 Å². The first-order valence-corrected chi connectivity index (χ1v) is 3.49. The fraction of sp³-hybridized carbons (Fsp3) is 0.250. The number of nitrogens with zero attached hydrogens (tertiary/aromatic N) is 2. The van der Waals surface area contributed by atoms with Crippen molar-refractivity contribution in [3.8, 4) is 0 Å². The van der Waals surface area contributed by atoms with Gasteiger partial charge >= 0.3 is 0 Å². The zero-order chi connectivity index (χ0) is 7.94. The van der Waals surface area contributed by atoms with Crippen LogP contribution in [-0.4, -0.2) is 7.05 Å². The van der Waals surface area contributed by atoms with Crippen molar-refractivity contribution >= 4 is 0 Å². The molecule has 0 aliphatic carbocycles. The Labute approximate surface area is 66.1 Å². The predicted molar refractivity (Wildman–Crippen MR) is 44.1 cm³/mol. The van der Waals surface area contributed by atoms with Crippen LogP contribution in [0, 0.1) is 0 Å². The van der Waals surface area contributed by atoms with Crippen LogP contribution in [0.2, 0.25) is 0 Å². The summed E-state index contributed by atoms with van der Waals surface area (Å²) in [6.07, 6.45) is 0. The number of nitrogens with one attached hydrogen (secondary N) is 1. The van der Waals surface area contributed by atoms with E-state index in [1.807, 2.05) is 30.3 Å². The van der Waals surface area contributed by atoms with E-state index >= 15 is 0 Å². The number of rotatable bonds is 3. The normalized spacial score (nSPS) is 10.3. The largest absolute Gasteiger partial charge is 0.287 e. The van der Waals surface area contributed by atoms with E-state index in [-0.39, 0.29) is 0 Å². The third-order valence-corrected chi connectivity index (χ3v) is 1.30. The Morgan fingerprint density at radius 2 is 2.00 bits per heavy atom. The molecule has 0 aliphatic rings. The SMILES string of the molecule is C/N=N\NCc1ccccc1. The highest BCUT2D eigenvalue weighted by molar-refractivity contribution is 5.13. The van der Waals surface area contributed by atoms with E-state index in [1.165, 1.54) is 5.56 Å². The summed E-state index contributed by atoms with van der Waals surface area (Å²) in [4.78, 5) is 0. The number of hydrogen-bond acceptors (Lipinski definition) is 2. The third-order valence-electron chi connectivity index (χ3n) is 1.30. The van der Waals surface area contributed by atoms with Gasteiger partial charge in [-0.2, -0.15) is 5.11 Å². The van der Waals surface area contributed by atoms with Crippen molar-refractivity contribution in [1.82, 2.24) is 5.43 Å². The molecule has 58 valence electrons. The number of hydrogen-bond donors (Lipinski definition) is 1. The smallest absolute Gasteiger partial charge is 0.0596 e. The highest BCUT2D eigenvalue weighted by atomic mass is 15.4. The first-order valence-electron chi connectivity index (χ1n) is 3.49. The van der Waals surface area contributed by atoms with Gasteiger partial charge < -0.3 is 0 Å². The predicted octanol–water partition coefficient (Wildman–Crippen LogP) is 1.77. The van der Waals surface area contributed by atoms with E-state index in [1.54, 1.807) is 7.05 Å². The molecule has 3 heteroatoms. The zero-order valence-corrected chi connectivity index (χ0v) is 6.49. The lowest BCUT2D eigenvalue weighted by Crippen LogP contribution is -2.02. The molecule has 0 amide bonds. The highest BCUT2D eigenvalue weighted by Crippen LogP contribution is 1.96. The van der Waals surface area contributed by atoms with Crippen molar-refractivity contribution in [2.45, 2.75) is 6.54 Å². The molecule has 0 spiro atoms. The Morgan fingerprint density at radius 3 is 2.64 bits per heavy atom. The van der Waals surface area contributed by atoms with Gasteiger partial charge in [0.2, 0.25) is 0 Å². The number of benzene rings is 1. The molecule has 3 nitrogen and oxygen atoms in total. The molecule has 0 atom stereocenters. The summed E-state index contributed by atoms with van der Waals surface area (Å²) in [5.41, 5.74) is 4.02. The summed E-state index contributed by atoms with van der Waals surface area (Å²) in [6, 6.07) is 10.1. The van der Waals surface area contributed by atoms with Crippen molar-refractivity contribution in [3.63, 3.8) is 0 Å². The van der Waals surface area contributed by atoms with E-state index in [0.717, 1.165) is 6.54 Å². The van der Waals surface area contributed by atoms with Gasteiger partial charge in [-0.05, 0) is 5.56 Å². The second kappa shape index (κ2) is 4.44. The first kappa shape index (κ1) is 7.72. The molecule has 1 N–H and O–H groups in total. The first-order chi connectivity index (χ1) is 5.43. The van der Waals surface area contributed by atoms with E-state index < -0.39 is 0 Å². The molecule has 0 saturated heterocycles. The fourth-order valence-electron chi connectivity index (χ4n) is 0.793. The van der Waals surface area contributed by atoms with Gasteiger partial charge in [-0.25, -0.2) is 0 Å². The average Bonchev–Trinajstić information content (AvgIpc) is 2.07. The average molecular weight is 149 g/mol. The molecule has 1 rings (SSSR count). The third kappa shape index (κ3) is 2.80. The standard InChI is InChI=1S/C8H11N3/c1-9-11-10-7-8-5-3-2-4-6-8/h2-6H,7H2,1H3,(H,9,10). The zero-order valence-electron chi connectivity index (χ0n) is 6.49. The van der Waals surface area contributed by atoms with Gasteiger partial charge in [0.25, 0.3) is 0 Å². The van der Waals surface area contributed by atoms with Crippen LogP contribution in [0.3, 0.4) is 0 Å². The fourth-order valence-corrected chi connectivity index (χ4v) is 0.793. The van der Waals surface area contributed by atoms with Crippen molar-refractivity contribution in [2.24, 2.45) is 10.3 Å². The van der Waals surface area contributed by atoms with E-state index in [4.69, 9.17) is 0 Å². The molecule has 0 unspecified atom stereocenters. The van der Waals surface area contributed by atoms with E-state index in [2.05, 4.69) is 15.8 Å². The van der Waals surface area contributed by atoms with E-state index in [9.17, 15) is 0 Å². The highest BCUT2D eigenvalue weighted by Gasteiger charge is 1.85. The summed E-state index contributed by atoms with van der Waals surface area (Å²) in [7, 11) is 1.64. The maximum atomic E-state index is 3.64. The van der Waals surface area contributed by atoms with Gasteiger partial charge in [0, 0.05) is 0 Å². The van der Waals surface area contributed by atoms with Gasteiger partial charge in [-0.1, -0.05) is 35.6 Å². The quantitative estimate of drug-likeness (QED) is 0.516. The van der Waals surface area contributed by atoms with Crippen LogP contribution in [0.25, 0.3) is 0 Å². The minimum Gasteiger partial charge on any atom is -0.287 e. The molecule has 0 aliphatic heterocycles. The molecule has 0 radical (unpaired) electrons. The van der Waals surface area contributed by atoms with Crippen molar-refractivity contribution in [3.05, 3.63) is 35.9 Å². The van der Waals surface area contributed by atoms with Gasteiger partial charge in [0.05, 0.1) is 13.6 Å². The second-order valence-electron chi connectivity index (χ2n) is 2.12. The molecular weight excluding hydrogens is 138 g/mol. The van der Waals surface area contributed by atoms with Crippen LogP contribution in [-0.2, 0) is 6.54 Å². The Morgan fingerprint density at radius 1 is 1.27 bits per heavy atom. The molecule has 0 heterocycles. The van der Waals surface area contributed by atoms with Crippen LogP contribution in [0.4, 0.5) is 0 Å². The van der Waals surface area contributed by atoms with Crippen LogP contribution in [0.15, 0.2) is 40.7 Å². The van der Waals surface area contributed by atoms with Gasteiger partial charge in [0.15, 0.2) is 0 Å². The minimum atomic E-state index is 0.734. The Balaban J connectivity index is 2.39. The van der Waals surface area contributed by atoms with Crippen LogP contribution >= 0.6 is 0 Å². The lowest BCUT2D eigenvalue weighted by atomic mass is 10.2. The van der Waals surface area contributed by atoms with Crippen molar-refractivity contribution < 1.29 is 0 Å². The Hall–Kier alpha value is -1.38.